The maximum atomic E-state index is 11.7. The number of hydrogen-bond donors (Lipinski definition) is 2. The number of ether oxygens (including phenoxy) is 2. The molecule has 0 saturated heterocycles. The number of carbonyl (C=O) groups is 2. The van der Waals surface area contributed by atoms with E-state index in [4.69, 9.17) is 15.6 Å². The van der Waals surface area contributed by atoms with Gasteiger partial charge in [-0.25, -0.2) is 4.79 Å². The van der Waals surface area contributed by atoms with Gasteiger partial charge in [-0.2, -0.15) is 5.10 Å². The molecular weight excluding hydrogens is 556 g/mol. The predicted octanol–water partition coefficient (Wildman–Crippen LogP) is 5.01. The van der Waals surface area contributed by atoms with Crippen molar-refractivity contribution in [3.05, 3.63) is 45.0 Å². The van der Waals surface area contributed by atoms with Crippen LogP contribution >= 0.6 is 31.9 Å². The fourth-order valence-corrected chi connectivity index (χ4v) is 4.70. The van der Waals surface area contributed by atoms with Gasteiger partial charge in [0.05, 0.1) is 21.0 Å². The zero-order valence-electron chi connectivity index (χ0n) is 18.7. The topological polar surface area (TPSA) is 108 Å². The lowest BCUT2D eigenvalue weighted by atomic mass is 10.1. The van der Waals surface area contributed by atoms with Crippen LogP contribution in [0.3, 0.4) is 0 Å². The number of hydrogen-bond acceptors (Lipinski definition) is 7. The van der Waals surface area contributed by atoms with E-state index in [2.05, 4.69) is 67.4 Å². The highest BCUT2D eigenvalue weighted by atomic mass is 79.9. The monoisotopic (exact) mass is 580 g/mol. The summed E-state index contributed by atoms with van der Waals surface area (Å²) in [5, 5.41) is 8.73. The van der Waals surface area contributed by atoms with Crippen molar-refractivity contribution in [2.24, 2.45) is 11.7 Å². The standard InChI is InChI=1S/C23H26Br2N4O4/c1-4-20-16-9-15(5-6-19(16)28-29(20)12-13(2)3)32-23-17(24)7-14(8-18(23)25)27-11-22(31)33-21(30)10-26/h5-9,13,27H,4,10-12,26H2,1-3H3. The average molecular weight is 582 g/mol. The first-order chi connectivity index (χ1) is 15.7. The maximum absolute atomic E-state index is 11.7. The Hall–Kier alpha value is -2.43. The second kappa shape index (κ2) is 11.1. The van der Waals surface area contributed by atoms with Crippen molar-refractivity contribution in [1.29, 1.82) is 0 Å². The molecule has 2 aromatic carbocycles. The summed E-state index contributed by atoms with van der Waals surface area (Å²) in [4.78, 5) is 22.8. The molecule has 3 rings (SSSR count). The molecule has 8 nitrogen and oxygen atoms in total. The van der Waals surface area contributed by atoms with E-state index in [9.17, 15) is 9.59 Å². The fourth-order valence-electron chi connectivity index (χ4n) is 3.35. The second-order valence-corrected chi connectivity index (χ2v) is 9.54. The van der Waals surface area contributed by atoms with E-state index in [0.29, 0.717) is 32.0 Å². The molecule has 0 atom stereocenters. The highest BCUT2D eigenvalue weighted by Gasteiger charge is 2.15. The Morgan fingerprint density at radius 2 is 1.85 bits per heavy atom. The van der Waals surface area contributed by atoms with Crippen molar-refractivity contribution in [2.45, 2.75) is 33.7 Å². The lowest BCUT2D eigenvalue weighted by Gasteiger charge is -2.13. The SMILES string of the molecule is CCc1c2cc(Oc3c(Br)cc(NCC(=O)OC(=O)CN)cc3Br)ccc2nn1CC(C)C. The molecule has 0 spiro atoms. The van der Waals surface area contributed by atoms with Gasteiger partial charge in [-0.05, 0) is 74.5 Å². The van der Waals surface area contributed by atoms with Crippen LogP contribution in [0.15, 0.2) is 39.3 Å². The van der Waals surface area contributed by atoms with Crippen molar-refractivity contribution in [3.63, 3.8) is 0 Å². The Labute approximate surface area is 209 Å². The maximum Gasteiger partial charge on any atom is 0.332 e. The van der Waals surface area contributed by atoms with Crippen LogP contribution in [0.5, 0.6) is 11.5 Å². The lowest BCUT2D eigenvalue weighted by Crippen LogP contribution is -2.25. The predicted molar refractivity (Wildman–Crippen MR) is 135 cm³/mol. The summed E-state index contributed by atoms with van der Waals surface area (Å²) in [5.41, 5.74) is 7.90. The first-order valence-electron chi connectivity index (χ1n) is 10.6. The van der Waals surface area contributed by atoms with E-state index in [0.717, 1.165) is 23.9 Å². The van der Waals surface area contributed by atoms with Crippen LogP contribution < -0.4 is 15.8 Å². The number of carbonyl (C=O) groups excluding carboxylic acids is 2. The third-order valence-electron chi connectivity index (χ3n) is 4.74. The number of aromatic nitrogens is 2. The van der Waals surface area contributed by atoms with Gasteiger partial charge >= 0.3 is 11.9 Å². The number of anilines is 1. The average Bonchev–Trinajstić information content (AvgIpc) is 3.10. The quantitative estimate of drug-likeness (QED) is 0.270. The number of rotatable bonds is 9. The van der Waals surface area contributed by atoms with E-state index in [1.54, 1.807) is 12.1 Å². The van der Waals surface area contributed by atoms with Crippen LogP contribution in [0, 0.1) is 5.92 Å². The van der Waals surface area contributed by atoms with Crippen LogP contribution in [0.4, 0.5) is 5.69 Å². The van der Waals surface area contributed by atoms with E-state index < -0.39 is 11.9 Å². The fraction of sp³-hybridized carbons (Fsp3) is 0.348. The molecule has 0 saturated carbocycles. The highest BCUT2D eigenvalue weighted by molar-refractivity contribution is 9.11. The van der Waals surface area contributed by atoms with Gasteiger partial charge in [0, 0.05) is 23.3 Å². The summed E-state index contributed by atoms with van der Waals surface area (Å²) in [6.07, 6.45) is 0.875. The zero-order chi connectivity index (χ0) is 24.1. The van der Waals surface area contributed by atoms with E-state index >= 15 is 0 Å². The summed E-state index contributed by atoms with van der Waals surface area (Å²) in [6.45, 7) is 6.82. The lowest BCUT2D eigenvalue weighted by molar-refractivity contribution is -0.157. The summed E-state index contributed by atoms with van der Waals surface area (Å²) in [5.74, 6) is 0.296. The number of halogens is 2. The molecule has 0 aliphatic rings. The number of aryl methyl sites for hydroxylation is 1. The Kier molecular flexibility index (Phi) is 8.50. The van der Waals surface area contributed by atoms with Crippen LogP contribution in [-0.4, -0.2) is 34.8 Å². The van der Waals surface area contributed by atoms with Crippen LogP contribution in [0.25, 0.3) is 10.9 Å². The molecule has 3 N–H and O–H groups in total. The molecule has 0 aliphatic heterocycles. The molecule has 10 heteroatoms. The van der Waals surface area contributed by atoms with Gasteiger partial charge in [0.25, 0.3) is 0 Å². The van der Waals surface area contributed by atoms with Gasteiger partial charge < -0.3 is 20.5 Å². The van der Waals surface area contributed by atoms with E-state index in [1.165, 1.54) is 5.69 Å². The van der Waals surface area contributed by atoms with Gasteiger partial charge in [0.1, 0.15) is 12.3 Å². The molecule has 33 heavy (non-hydrogen) atoms. The minimum atomic E-state index is -0.772. The van der Waals surface area contributed by atoms with Crippen molar-refractivity contribution in [2.75, 3.05) is 18.4 Å². The molecule has 1 heterocycles. The summed E-state index contributed by atoms with van der Waals surface area (Å²) in [7, 11) is 0. The molecule has 0 bridgehead atoms. The van der Waals surface area contributed by atoms with Gasteiger partial charge in [0.15, 0.2) is 5.75 Å². The number of nitrogens with two attached hydrogens (primary N) is 1. The molecule has 0 aliphatic carbocycles. The Bertz CT molecular complexity index is 1150. The molecule has 176 valence electrons. The van der Waals surface area contributed by atoms with Gasteiger partial charge in [-0.15, -0.1) is 0 Å². The van der Waals surface area contributed by atoms with Crippen molar-refractivity contribution in [3.8, 4) is 11.5 Å². The minimum absolute atomic E-state index is 0.179. The Balaban J connectivity index is 1.79. The molecular formula is C23H26Br2N4O4. The van der Waals surface area contributed by atoms with E-state index in [1.807, 2.05) is 18.2 Å². The number of esters is 2. The molecule has 0 fully saturated rings. The van der Waals surface area contributed by atoms with E-state index in [-0.39, 0.29) is 13.1 Å². The molecule has 1 aromatic heterocycles. The smallest absolute Gasteiger partial charge is 0.332 e. The first kappa shape index (κ1) is 25.2. The molecule has 0 amide bonds. The van der Waals surface area contributed by atoms with Crippen LogP contribution in [-0.2, 0) is 27.3 Å². The van der Waals surface area contributed by atoms with Crippen molar-refractivity contribution in [1.82, 2.24) is 9.78 Å². The molecule has 0 radical (unpaired) electrons. The zero-order valence-corrected chi connectivity index (χ0v) is 21.8. The van der Waals surface area contributed by atoms with Crippen LogP contribution in [0.2, 0.25) is 0 Å². The summed E-state index contributed by atoms with van der Waals surface area (Å²) in [6, 6.07) is 9.41. The molecule has 3 aromatic rings. The molecule has 0 unspecified atom stereocenters. The largest absolute Gasteiger partial charge is 0.455 e. The van der Waals surface area contributed by atoms with Gasteiger partial charge in [0.2, 0.25) is 0 Å². The van der Waals surface area contributed by atoms with Gasteiger partial charge in [-0.1, -0.05) is 20.8 Å². The second-order valence-electron chi connectivity index (χ2n) is 7.83. The first-order valence-corrected chi connectivity index (χ1v) is 12.1. The van der Waals surface area contributed by atoms with Gasteiger partial charge in [-0.3, -0.25) is 9.48 Å². The van der Waals surface area contributed by atoms with Crippen molar-refractivity contribution >= 4 is 60.4 Å². The minimum Gasteiger partial charge on any atom is -0.455 e. The number of fused-ring (bicyclic) bond motifs is 1. The highest BCUT2D eigenvalue weighted by Crippen LogP contribution is 2.40. The van der Waals surface area contributed by atoms with Crippen LogP contribution in [0.1, 0.15) is 26.5 Å². The number of benzene rings is 2. The number of nitrogens with one attached hydrogen (secondary N) is 1. The third-order valence-corrected chi connectivity index (χ3v) is 5.92. The number of nitrogens with zero attached hydrogens (tertiary/aromatic N) is 2. The summed E-state index contributed by atoms with van der Waals surface area (Å²) >= 11 is 7.05. The normalized spacial score (nSPS) is 11.1. The Morgan fingerprint density at radius 1 is 1.15 bits per heavy atom. The Morgan fingerprint density at radius 3 is 2.45 bits per heavy atom. The van der Waals surface area contributed by atoms with Crippen molar-refractivity contribution < 1.29 is 19.1 Å². The third kappa shape index (κ3) is 6.33. The summed E-state index contributed by atoms with van der Waals surface area (Å²) < 4.78 is 14.2.